The fourth-order valence-electron chi connectivity index (χ4n) is 7.48. The lowest BCUT2D eigenvalue weighted by atomic mass is 9.82. The Morgan fingerprint density at radius 2 is 2.09 bits per heavy atom. The number of anilines is 2. The first-order chi connectivity index (χ1) is 21.5. The van der Waals surface area contributed by atoms with Crippen molar-refractivity contribution in [1.29, 1.82) is 0 Å². The van der Waals surface area contributed by atoms with Gasteiger partial charge in [-0.1, -0.05) is 40.2 Å². The molecule has 2 aromatic carbocycles. The molecule has 5 atom stereocenters. The number of amides is 2. The molecule has 0 saturated carbocycles. The SMILES string of the molecule is C[C@@H]1[C@@H]([Si](C)(C)O)[C@H](CCn2cc(CCO)nn2)O[C@@]12C(=O)N(Cc1cccc(NC(=O)[C@H]3CCCN3)c1)c1ccc(Br)cc12. The van der Waals surface area contributed by atoms with Gasteiger partial charge in [0.1, 0.15) is 0 Å². The highest BCUT2D eigenvalue weighted by Crippen LogP contribution is 2.60. The van der Waals surface area contributed by atoms with Crippen molar-refractivity contribution in [2.24, 2.45) is 5.92 Å². The van der Waals surface area contributed by atoms with E-state index >= 15 is 0 Å². The number of nitrogens with zero attached hydrogens (tertiary/aromatic N) is 4. The van der Waals surface area contributed by atoms with Crippen molar-refractivity contribution < 1.29 is 24.2 Å². The highest BCUT2D eigenvalue weighted by Gasteiger charge is 2.66. The van der Waals surface area contributed by atoms with E-state index in [0.717, 1.165) is 40.7 Å². The Morgan fingerprint density at radius 3 is 2.82 bits per heavy atom. The summed E-state index contributed by atoms with van der Waals surface area (Å²) >= 11 is 3.62. The minimum Gasteiger partial charge on any atom is -0.432 e. The van der Waals surface area contributed by atoms with Crippen LogP contribution < -0.4 is 15.5 Å². The van der Waals surface area contributed by atoms with Gasteiger partial charge in [-0.25, -0.2) is 0 Å². The number of hydrogen-bond donors (Lipinski definition) is 4. The number of benzene rings is 2. The summed E-state index contributed by atoms with van der Waals surface area (Å²) < 4.78 is 9.50. The average Bonchev–Trinajstić information content (AvgIpc) is 3.77. The minimum atomic E-state index is -2.82. The molecule has 2 amide bonds. The molecule has 3 aromatic rings. The number of aliphatic hydroxyl groups is 1. The van der Waals surface area contributed by atoms with Crippen molar-refractivity contribution in [1.82, 2.24) is 20.3 Å². The average molecular weight is 698 g/mol. The summed E-state index contributed by atoms with van der Waals surface area (Å²) in [7, 11) is -2.82. The van der Waals surface area contributed by atoms with Gasteiger partial charge in [0.25, 0.3) is 5.91 Å². The van der Waals surface area contributed by atoms with E-state index in [9.17, 15) is 19.5 Å². The van der Waals surface area contributed by atoms with Gasteiger partial charge in [-0.3, -0.25) is 14.3 Å². The molecule has 6 rings (SSSR count). The Hall–Kier alpha value is -2.94. The number of hydrogen-bond acceptors (Lipinski definition) is 8. The molecule has 0 bridgehead atoms. The summed E-state index contributed by atoms with van der Waals surface area (Å²) in [5, 5.41) is 23.8. The lowest BCUT2D eigenvalue weighted by Gasteiger charge is -2.32. The van der Waals surface area contributed by atoms with Gasteiger partial charge in [0, 0.05) is 53.0 Å². The van der Waals surface area contributed by atoms with Gasteiger partial charge in [-0.2, -0.15) is 0 Å². The number of aryl methyl sites for hydroxylation is 1. The predicted octanol–water partition coefficient (Wildman–Crippen LogP) is 3.70. The molecule has 1 spiro atoms. The molecule has 1 aromatic heterocycles. The lowest BCUT2D eigenvalue weighted by Crippen LogP contribution is -2.46. The van der Waals surface area contributed by atoms with Crippen LogP contribution in [-0.2, 0) is 39.4 Å². The second-order valence-corrected chi connectivity index (χ2v) is 17.9. The number of nitrogens with one attached hydrogen (secondary N) is 2. The maximum Gasteiger partial charge on any atom is 0.264 e. The van der Waals surface area contributed by atoms with Gasteiger partial charge in [0.2, 0.25) is 5.91 Å². The molecule has 3 aliphatic heterocycles. The molecule has 2 saturated heterocycles. The van der Waals surface area contributed by atoms with Crippen LogP contribution in [0.25, 0.3) is 0 Å². The molecular formula is C32H41BrN6O5Si. The molecule has 11 nitrogen and oxygen atoms in total. The van der Waals surface area contributed by atoms with Crippen LogP contribution >= 0.6 is 15.9 Å². The number of halogens is 1. The van der Waals surface area contributed by atoms with Crippen LogP contribution in [0.4, 0.5) is 11.4 Å². The molecule has 3 aliphatic rings. The van der Waals surface area contributed by atoms with Crippen LogP contribution in [0, 0.1) is 5.92 Å². The Labute approximate surface area is 272 Å². The minimum absolute atomic E-state index is 0.00129. The monoisotopic (exact) mass is 696 g/mol. The predicted molar refractivity (Wildman–Crippen MR) is 176 cm³/mol. The number of carbonyl (C=O) groups excluding carboxylic acids is 2. The smallest absolute Gasteiger partial charge is 0.264 e. The number of fused-ring (bicyclic) bond motifs is 2. The van der Waals surface area contributed by atoms with E-state index in [1.807, 2.05) is 68.7 Å². The molecule has 0 aliphatic carbocycles. The van der Waals surface area contributed by atoms with Crippen molar-refractivity contribution in [2.75, 3.05) is 23.4 Å². The van der Waals surface area contributed by atoms with E-state index < -0.39 is 13.9 Å². The molecule has 4 heterocycles. The van der Waals surface area contributed by atoms with Crippen molar-refractivity contribution >= 4 is 47.4 Å². The molecule has 0 unspecified atom stereocenters. The Kier molecular flexibility index (Phi) is 9.03. The first-order valence-electron chi connectivity index (χ1n) is 15.7. The molecule has 4 N–H and O–H groups in total. The van der Waals surface area contributed by atoms with Gasteiger partial charge in [0.15, 0.2) is 13.9 Å². The van der Waals surface area contributed by atoms with Gasteiger partial charge < -0.3 is 30.2 Å². The number of aliphatic hydroxyl groups excluding tert-OH is 1. The molecular weight excluding hydrogens is 656 g/mol. The highest BCUT2D eigenvalue weighted by molar-refractivity contribution is 9.10. The zero-order chi connectivity index (χ0) is 31.9. The largest absolute Gasteiger partial charge is 0.432 e. The second kappa shape index (κ2) is 12.7. The molecule has 13 heteroatoms. The van der Waals surface area contributed by atoms with Gasteiger partial charge in [-0.15, -0.1) is 5.10 Å². The van der Waals surface area contributed by atoms with Crippen LogP contribution in [-0.4, -0.2) is 70.3 Å². The van der Waals surface area contributed by atoms with Crippen LogP contribution in [0.15, 0.2) is 53.1 Å². The van der Waals surface area contributed by atoms with Crippen molar-refractivity contribution in [3.63, 3.8) is 0 Å². The number of rotatable bonds is 10. The highest BCUT2D eigenvalue weighted by atomic mass is 79.9. The maximum absolute atomic E-state index is 14.7. The molecule has 45 heavy (non-hydrogen) atoms. The van der Waals surface area contributed by atoms with E-state index in [-0.39, 0.29) is 42.0 Å². The summed E-state index contributed by atoms with van der Waals surface area (Å²) in [6.45, 7) is 7.52. The van der Waals surface area contributed by atoms with E-state index in [0.29, 0.717) is 37.3 Å². The van der Waals surface area contributed by atoms with Crippen LogP contribution in [0.3, 0.4) is 0 Å². The molecule has 240 valence electrons. The van der Waals surface area contributed by atoms with Crippen molar-refractivity contribution in [2.45, 2.75) is 82.1 Å². The first kappa shape index (κ1) is 32.0. The Bertz CT molecular complexity index is 1570. The Balaban J connectivity index is 1.28. The van der Waals surface area contributed by atoms with E-state index in [2.05, 4.69) is 36.9 Å². The summed E-state index contributed by atoms with van der Waals surface area (Å²) in [5.41, 5.74) is 2.39. The van der Waals surface area contributed by atoms with Gasteiger partial charge in [-0.05, 0) is 74.8 Å². The van der Waals surface area contributed by atoms with Crippen LogP contribution in [0.1, 0.15) is 43.0 Å². The number of aromatic nitrogens is 3. The number of ether oxygens (including phenoxy) is 1. The summed E-state index contributed by atoms with van der Waals surface area (Å²) in [6.07, 6.45) is 4.22. The fraction of sp³-hybridized carbons (Fsp3) is 0.500. The van der Waals surface area contributed by atoms with Crippen molar-refractivity contribution in [3.8, 4) is 0 Å². The van der Waals surface area contributed by atoms with Crippen LogP contribution in [0.5, 0.6) is 0 Å². The third-order valence-corrected chi connectivity index (χ3v) is 12.5. The third-order valence-electron chi connectivity index (χ3n) is 9.45. The standard InChI is InChI=1S/C32H41BrN6O5Si/c1-20-29(45(2,3)43)28(11-14-38-19-24(12-15-40)36-37-38)44-32(20)25-17-22(33)9-10-27(25)39(31(32)42)18-21-6-4-7-23(16-21)35-30(41)26-8-5-13-34-26/h4,6-7,9-10,16-17,19-20,26,28-29,34,40,43H,5,8,11-15,18H2,1-3H3,(H,35,41)/t20-,26-,28+,29-,32+/m1/s1. The Morgan fingerprint density at radius 1 is 1.27 bits per heavy atom. The molecule has 2 fully saturated rings. The van der Waals surface area contributed by atoms with Gasteiger partial charge in [0.05, 0.1) is 30.1 Å². The quantitative estimate of drug-likeness (QED) is 0.235. The zero-order valence-corrected chi connectivity index (χ0v) is 28.5. The molecule has 0 radical (unpaired) electrons. The van der Waals surface area contributed by atoms with Crippen molar-refractivity contribution in [3.05, 3.63) is 70.0 Å². The lowest BCUT2D eigenvalue weighted by molar-refractivity contribution is -0.146. The van der Waals surface area contributed by atoms with E-state index in [1.54, 1.807) is 9.58 Å². The zero-order valence-electron chi connectivity index (χ0n) is 25.9. The summed E-state index contributed by atoms with van der Waals surface area (Å²) in [5.74, 6) is -0.484. The second-order valence-electron chi connectivity index (χ2n) is 13.0. The third kappa shape index (κ3) is 6.13. The summed E-state index contributed by atoms with van der Waals surface area (Å²) in [4.78, 5) is 40.8. The van der Waals surface area contributed by atoms with E-state index in [1.165, 1.54) is 0 Å². The normalized spacial score (nSPS) is 26.2. The first-order valence-corrected chi connectivity index (χ1v) is 19.5. The summed E-state index contributed by atoms with van der Waals surface area (Å²) in [6, 6.07) is 13.3. The maximum atomic E-state index is 14.7. The topological polar surface area (TPSA) is 142 Å². The van der Waals surface area contributed by atoms with Crippen LogP contribution in [0.2, 0.25) is 18.6 Å². The fourth-order valence-corrected chi connectivity index (χ4v) is 10.4. The van der Waals surface area contributed by atoms with E-state index in [4.69, 9.17) is 4.74 Å². The van der Waals surface area contributed by atoms with Gasteiger partial charge >= 0.3 is 0 Å². The number of carbonyl (C=O) groups is 2.